The Morgan fingerprint density at radius 3 is 2.56 bits per heavy atom. The van der Waals surface area contributed by atoms with Crippen LogP contribution in [0.4, 0.5) is 0 Å². The van der Waals surface area contributed by atoms with E-state index >= 15 is 0 Å². The van der Waals surface area contributed by atoms with E-state index in [1.807, 2.05) is 36.4 Å². The van der Waals surface area contributed by atoms with Crippen LogP contribution in [0.1, 0.15) is 19.4 Å². The lowest BCUT2D eigenvalue weighted by Crippen LogP contribution is -2.29. The normalized spacial score (nSPS) is 11.7. The van der Waals surface area contributed by atoms with Gasteiger partial charge in [-0.3, -0.25) is 4.79 Å². The molecule has 98 valence electrons. The van der Waals surface area contributed by atoms with Gasteiger partial charge in [-0.1, -0.05) is 44.2 Å². The summed E-state index contributed by atoms with van der Waals surface area (Å²) in [5.74, 6) is 0.379. The standard InChI is InChI=1S/C15H21NO2/c1-12(2)10-16-15(17)14(11-18-3)9-13-7-5-4-6-8-13/h4-9,12H,10-11H2,1-3H3,(H,16,17)/b14-9+. The van der Waals surface area contributed by atoms with Crippen LogP contribution in [0.3, 0.4) is 0 Å². The number of carbonyl (C=O) groups is 1. The zero-order chi connectivity index (χ0) is 13.4. The van der Waals surface area contributed by atoms with Crippen LogP contribution in [0.15, 0.2) is 35.9 Å². The first kappa shape index (κ1) is 14.5. The van der Waals surface area contributed by atoms with Crippen molar-refractivity contribution in [1.29, 1.82) is 0 Å². The SMILES string of the molecule is COC/C(=C\c1ccccc1)C(=O)NCC(C)C. The highest BCUT2D eigenvalue weighted by atomic mass is 16.5. The van der Waals surface area contributed by atoms with Crippen LogP contribution in [-0.2, 0) is 9.53 Å². The summed E-state index contributed by atoms with van der Waals surface area (Å²) in [6.45, 7) is 5.13. The molecule has 0 fully saturated rings. The summed E-state index contributed by atoms with van der Waals surface area (Å²) in [5, 5.41) is 2.90. The number of rotatable bonds is 6. The molecule has 1 amide bonds. The Hall–Kier alpha value is -1.61. The molecule has 1 N–H and O–H groups in total. The summed E-state index contributed by atoms with van der Waals surface area (Å²) in [7, 11) is 1.59. The Kier molecular flexibility index (Phi) is 6.15. The Morgan fingerprint density at radius 1 is 1.33 bits per heavy atom. The molecule has 0 bridgehead atoms. The van der Waals surface area contributed by atoms with E-state index in [0.717, 1.165) is 5.56 Å². The van der Waals surface area contributed by atoms with Gasteiger partial charge in [0.15, 0.2) is 0 Å². The third-order valence-corrected chi connectivity index (χ3v) is 2.40. The van der Waals surface area contributed by atoms with E-state index in [2.05, 4.69) is 19.2 Å². The van der Waals surface area contributed by atoms with Crippen molar-refractivity contribution >= 4 is 12.0 Å². The second-order valence-corrected chi connectivity index (χ2v) is 4.62. The minimum atomic E-state index is -0.0607. The summed E-state index contributed by atoms with van der Waals surface area (Å²) in [5.41, 5.74) is 1.65. The number of carbonyl (C=O) groups excluding carboxylic acids is 1. The predicted octanol–water partition coefficient (Wildman–Crippen LogP) is 2.49. The lowest BCUT2D eigenvalue weighted by atomic mass is 10.1. The molecule has 0 aliphatic heterocycles. The van der Waals surface area contributed by atoms with Crippen molar-refractivity contribution in [1.82, 2.24) is 5.32 Å². The molecule has 0 unspecified atom stereocenters. The van der Waals surface area contributed by atoms with Gasteiger partial charge in [-0.05, 0) is 17.6 Å². The molecular weight excluding hydrogens is 226 g/mol. The lowest BCUT2D eigenvalue weighted by molar-refractivity contribution is -0.118. The highest BCUT2D eigenvalue weighted by molar-refractivity contribution is 5.98. The average Bonchev–Trinajstić information content (AvgIpc) is 2.36. The topological polar surface area (TPSA) is 38.3 Å². The average molecular weight is 247 g/mol. The van der Waals surface area contributed by atoms with Gasteiger partial charge in [0.2, 0.25) is 5.91 Å². The maximum Gasteiger partial charge on any atom is 0.249 e. The molecule has 0 spiro atoms. The third kappa shape index (κ3) is 5.15. The van der Waals surface area contributed by atoms with Gasteiger partial charge in [0, 0.05) is 19.2 Å². The predicted molar refractivity (Wildman–Crippen MR) is 74.1 cm³/mol. The highest BCUT2D eigenvalue weighted by Crippen LogP contribution is 2.07. The molecule has 1 rings (SSSR count). The maximum absolute atomic E-state index is 12.0. The number of amides is 1. The van der Waals surface area contributed by atoms with E-state index in [-0.39, 0.29) is 5.91 Å². The molecule has 0 aromatic heterocycles. The summed E-state index contributed by atoms with van der Waals surface area (Å²) >= 11 is 0. The summed E-state index contributed by atoms with van der Waals surface area (Å²) < 4.78 is 5.08. The van der Waals surface area contributed by atoms with Crippen LogP contribution in [0.25, 0.3) is 6.08 Å². The smallest absolute Gasteiger partial charge is 0.249 e. The Labute approximate surface area is 109 Å². The third-order valence-electron chi connectivity index (χ3n) is 2.40. The summed E-state index contributed by atoms with van der Waals surface area (Å²) in [6, 6.07) is 9.77. The van der Waals surface area contributed by atoms with E-state index in [4.69, 9.17) is 4.74 Å². The molecule has 0 saturated carbocycles. The largest absolute Gasteiger partial charge is 0.380 e. The maximum atomic E-state index is 12.0. The molecule has 18 heavy (non-hydrogen) atoms. The minimum Gasteiger partial charge on any atom is -0.380 e. The Bertz CT molecular complexity index is 396. The Balaban J connectivity index is 2.75. The van der Waals surface area contributed by atoms with Crippen LogP contribution in [0.2, 0.25) is 0 Å². The van der Waals surface area contributed by atoms with Crippen molar-refractivity contribution in [3.8, 4) is 0 Å². The number of ether oxygens (including phenoxy) is 1. The quantitative estimate of drug-likeness (QED) is 0.784. The first-order chi connectivity index (χ1) is 8.63. The molecular formula is C15H21NO2. The molecule has 1 aromatic carbocycles. The molecule has 3 heteroatoms. The van der Waals surface area contributed by atoms with Gasteiger partial charge >= 0.3 is 0 Å². The van der Waals surface area contributed by atoms with Crippen LogP contribution in [0, 0.1) is 5.92 Å². The van der Waals surface area contributed by atoms with Crippen molar-refractivity contribution in [2.75, 3.05) is 20.3 Å². The number of methoxy groups -OCH3 is 1. The van der Waals surface area contributed by atoms with Crippen LogP contribution < -0.4 is 5.32 Å². The van der Waals surface area contributed by atoms with Crippen molar-refractivity contribution < 1.29 is 9.53 Å². The number of hydrogen-bond donors (Lipinski definition) is 1. The van der Waals surface area contributed by atoms with E-state index in [0.29, 0.717) is 24.6 Å². The van der Waals surface area contributed by atoms with Gasteiger partial charge in [0.1, 0.15) is 0 Å². The number of benzene rings is 1. The molecule has 0 atom stereocenters. The van der Waals surface area contributed by atoms with Crippen molar-refractivity contribution in [2.45, 2.75) is 13.8 Å². The number of hydrogen-bond acceptors (Lipinski definition) is 2. The summed E-state index contributed by atoms with van der Waals surface area (Å²) in [4.78, 5) is 12.0. The first-order valence-electron chi connectivity index (χ1n) is 6.16. The van der Waals surface area contributed by atoms with E-state index < -0.39 is 0 Å². The van der Waals surface area contributed by atoms with E-state index in [9.17, 15) is 4.79 Å². The van der Waals surface area contributed by atoms with Crippen molar-refractivity contribution in [3.63, 3.8) is 0 Å². The molecule has 1 aromatic rings. The number of nitrogens with one attached hydrogen (secondary N) is 1. The van der Waals surface area contributed by atoms with Crippen molar-refractivity contribution in [3.05, 3.63) is 41.5 Å². The molecule has 0 radical (unpaired) electrons. The van der Waals surface area contributed by atoms with Crippen molar-refractivity contribution in [2.24, 2.45) is 5.92 Å². The van der Waals surface area contributed by atoms with Gasteiger partial charge in [0.05, 0.1) is 6.61 Å². The fourth-order valence-corrected chi connectivity index (χ4v) is 1.49. The van der Waals surface area contributed by atoms with Gasteiger partial charge in [0.25, 0.3) is 0 Å². The lowest BCUT2D eigenvalue weighted by Gasteiger charge is -2.10. The van der Waals surface area contributed by atoms with Gasteiger partial charge in [-0.2, -0.15) is 0 Å². The zero-order valence-electron chi connectivity index (χ0n) is 11.3. The van der Waals surface area contributed by atoms with Gasteiger partial charge in [-0.25, -0.2) is 0 Å². The molecule has 0 aliphatic rings. The summed E-state index contributed by atoms with van der Waals surface area (Å²) in [6.07, 6.45) is 1.86. The van der Waals surface area contributed by atoms with Crippen LogP contribution >= 0.6 is 0 Å². The van der Waals surface area contributed by atoms with E-state index in [1.165, 1.54) is 0 Å². The fourth-order valence-electron chi connectivity index (χ4n) is 1.49. The zero-order valence-corrected chi connectivity index (χ0v) is 11.3. The Morgan fingerprint density at radius 2 is 2.00 bits per heavy atom. The minimum absolute atomic E-state index is 0.0607. The van der Waals surface area contributed by atoms with E-state index in [1.54, 1.807) is 7.11 Å². The first-order valence-corrected chi connectivity index (χ1v) is 6.16. The van der Waals surface area contributed by atoms with Crippen LogP contribution in [-0.4, -0.2) is 26.2 Å². The monoisotopic (exact) mass is 247 g/mol. The molecule has 0 saturated heterocycles. The van der Waals surface area contributed by atoms with Crippen LogP contribution in [0.5, 0.6) is 0 Å². The van der Waals surface area contributed by atoms with Gasteiger partial charge < -0.3 is 10.1 Å². The second kappa shape index (κ2) is 7.67. The molecule has 0 heterocycles. The molecule has 3 nitrogen and oxygen atoms in total. The van der Waals surface area contributed by atoms with Gasteiger partial charge in [-0.15, -0.1) is 0 Å². The fraction of sp³-hybridized carbons (Fsp3) is 0.400. The molecule has 0 aliphatic carbocycles. The second-order valence-electron chi connectivity index (χ2n) is 4.62. The highest BCUT2D eigenvalue weighted by Gasteiger charge is 2.09.